The van der Waals surface area contributed by atoms with Gasteiger partial charge in [-0.1, -0.05) is 0 Å². The zero-order valence-corrected chi connectivity index (χ0v) is 18.8. The smallest absolute Gasteiger partial charge is 0.252 e. The molecule has 4 rings (SSSR count). The first kappa shape index (κ1) is 22.7. The summed E-state index contributed by atoms with van der Waals surface area (Å²) in [6, 6.07) is 11.0. The summed E-state index contributed by atoms with van der Waals surface area (Å²) in [7, 11) is 0. The van der Waals surface area contributed by atoms with Crippen LogP contribution in [0.5, 0.6) is 5.75 Å². The number of tetrazole rings is 1. The number of furan rings is 1. The number of aliphatic hydroxyl groups is 1. The number of pyridine rings is 1. The van der Waals surface area contributed by atoms with Crippen LogP contribution in [0, 0.1) is 0 Å². The molecule has 0 radical (unpaired) electrons. The van der Waals surface area contributed by atoms with Gasteiger partial charge in [-0.3, -0.25) is 9.69 Å². The van der Waals surface area contributed by atoms with Crippen molar-refractivity contribution in [2.24, 2.45) is 0 Å². The molecule has 10 heteroatoms. The third-order valence-electron chi connectivity index (χ3n) is 5.55. The van der Waals surface area contributed by atoms with Crippen LogP contribution in [0.4, 0.5) is 0 Å². The molecular weight excluding hydrogens is 424 g/mol. The first-order chi connectivity index (χ1) is 16.1. The van der Waals surface area contributed by atoms with Gasteiger partial charge in [-0.25, -0.2) is 4.68 Å². The second-order valence-corrected chi connectivity index (χ2v) is 7.80. The molecule has 1 aromatic carbocycles. The van der Waals surface area contributed by atoms with Crippen LogP contribution in [-0.2, 0) is 13.1 Å². The molecule has 10 nitrogen and oxygen atoms in total. The van der Waals surface area contributed by atoms with Crippen molar-refractivity contribution in [1.29, 1.82) is 0 Å². The van der Waals surface area contributed by atoms with E-state index in [2.05, 4.69) is 25.4 Å². The van der Waals surface area contributed by atoms with E-state index in [0.29, 0.717) is 44.0 Å². The number of H-pyrrole nitrogens is 1. The highest BCUT2D eigenvalue weighted by molar-refractivity contribution is 5.80. The molecule has 174 valence electrons. The van der Waals surface area contributed by atoms with Gasteiger partial charge < -0.3 is 19.2 Å². The van der Waals surface area contributed by atoms with Gasteiger partial charge in [0.25, 0.3) is 5.56 Å². The Kier molecular flexibility index (Phi) is 7.16. The lowest BCUT2D eigenvalue weighted by Gasteiger charge is -2.28. The van der Waals surface area contributed by atoms with Gasteiger partial charge in [-0.2, -0.15) is 0 Å². The Hall–Kier alpha value is -3.50. The second-order valence-electron chi connectivity index (χ2n) is 7.80. The van der Waals surface area contributed by atoms with E-state index in [0.717, 1.165) is 22.4 Å². The molecule has 0 aliphatic carbocycles. The summed E-state index contributed by atoms with van der Waals surface area (Å²) >= 11 is 0. The molecular formula is C23H28N6O4. The van der Waals surface area contributed by atoms with Gasteiger partial charge in [0.15, 0.2) is 5.82 Å². The highest BCUT2D eigenvalue weighted by atomic mass is 16.5. The predicted octanol–water partition coefficient (Wildman–Crippen LogP) is 2.50. The van der Waals surface area contributed by atoms with Crippen molar-refractivity contribution in [3.05, 3.63) is 70.2 Å². The summed E-state index contributed by atoms with van der Waals surface area (Å²) in [5.74, 6) is 2.15. The molecule has 0 fully saturated rings. The van der Waals surface area contributed by atoms with Gasteiger partial charge in [0.2, 0.25) is 0 Å². The van der Waals surface area contributed by atoms with E-state index in [1.165, 1.54) is 0 Å². The summed E-state index contributed by atoms with van der Waals surface area (Å²) in [6.45, 7) is 5.89. The number of aromatic amines is 1. The fourth-order valence-electron chi connectivity index (χ4n) is 3.84. The number of aromatic nitrogens is 5. The molecule has 2 N–H and O–H groups in total. The molecule has 33 heavy (non-hydrogen) atoms. The van der Waals surface area contributed by atoms with Crippen LogP contribution in [0.2, 0.25) is 0 Å². The van der Waals surface area contributed by atoms with Crippen LogP contribution >= 0.6 is 0 Å². The van der Waals surface area contributed by atoms with E-state index >= 15 is 0 Å². The normalized spacial score (nSPS) is 12.5. The Morgan fingerprint density at radius 2 is 2.18 bits per heavy atom. The molecule has 0 unspecified atom stereocenters. The van der Waals surface area contributed by atoms with Gasteiger partial charge in [0.1, 0.15) is 18.1 Å². The standard InChI is InChI=1S/C23H28N6O4/c1-3-32-19-7-8-21-17(13-19)12-18(23(31)24-21)14-28(9-5-10-30)16(2)22-25-26-27-29(22)15-20-6-4-11-33-20/h4,6-8,11-13,16,30H,3,5,9-10,14-15H2,1-2H3,(H,24,31)/t16-/m0/s1. The van der Waals surface area contributed by atoms with E-state index in [-0.39, 0.29) is 18.2 Å². The maximum atomic E-state index is 12.8. The minimum atomic E-state index is -0.202. The lowest BCUT2D eigenvalue weighted by Crippen LogP contribution is -2.32. The van der Waals surface area contributed by atoms with Gasteiger partial charge in [-0.15, -0.1) is 5.10 Å². The Morgan fingerprint density at radius 1 is 1.30 bits per heavy atom. The number of benzene rings is 1. The largest absolute Gasteiger partial charge is 0.494 e. The number of fused-ring (bicyclic) bond motifs is 1. The van der Waals surface area contributed by atoms with Crippen LogP contribution in [0.25, 0.3) is 10.9 Å². The fourth-order valence-corrected chi connectivity index (χ4v) is 3.84. The second kappa shape index (κ2) is 10.4. The average molecular weight is 453 g/mol. The number of rotatable bonds is 11. The number of nitrogens with one attached hydrogen (secondary N) is 1. The number of ether oxygens (including phenoxy) is 1. The maximum Gasteiger partial charge on any atom is 0.252 e. The van der Waals surface area contributed by atoms with Gasteiger partial charge >= 0.3 is 0 Å². The Bertz CT molecular complexity index is 1230. The number of hydrogen-bond donors (Lipinski definition) is 2. The van der Waals surface area contributed by atoms with Gasteiger partial charge in [-0.05, 0) is 67.1 Å². The quantitative estimate of drug-likeness (QED) is 0.356. The van der Waals surface area contributed by atoms with Crippen molar-refractivity contribution in [3.8, 4) is 5.75 Å². The highest BCUT2D eigenvalue weighted by Crippen LogP contribution is 2.23. The van der Waals surface area contributed by atoms with Crippen LogP contribution in [0.3, 0.4) is 0 Å². The third-order valence-corrected chi connectivity index (χ3v) is 5.55. The SMILES string of the molecule is CCOc1ccc2[nH]c(=O)c(CN(CCCO)[C@@H](C)c3nnnn3Cc3ccco3)cc2c1. The maximum absolute atomic E-state index is 12.8. The Morgan fingerprint density at radius 3 is 2.94 bits per heavy atom. The average Bonchev–Trinajstić information content (AvgIpc) is 3.49. The van der Waals surface area contributed by atoms with Crippen LogP contribution in [-0.4, -0.2) is 55.0 Å². The summed E-state index contributed by atoms with van der Waals surface area (Å²) < 4.78 is 12.7. The van der Waals surface area contributed by atoms with E-state index in [9.17, 15) is 9.90 Å². The van der Waals surface area contributed by atoms with E-state index in [1.54, 1.807) is 10.9 Å². The van der Waals surface area contributed by atoms with Crippen LogP contribution < -0.4 is 10.3 Å². The minimum absolute atomic E-state index is 0.0480. The van der Waals surface area contributed by atoms with Crippen molar-refractivity contribution in [1.82, 2.24) is 30.1 Å². The summed E-state index contributed by atoms with van der Waals surface area (Å²) in [5.41, 5.74) is 1.22. The van der Waals surface area contributed by atoms with Gasteiger partial charge in [0.05, 0.1) is 18.9 Å². The Balaban J connectivity index is 1.61. The number of hydrogen-bond acceptors (Lipinski definition) is 8. The highest BCUT2D eigenvalue weighted by Gasteiger charge is 2.23. The molecule has 0 saturated heterocycles. The lowest BCUT2D eigenvalue weighted by atomic mass is 10.1. The molecule has 4 aromatic rings. The Labute approximate surface area is 190 Å². The monoisotopic (exact) mass is 452 g/mol. The van der Waals surface area contributed by atoms with Crippen molar-refractivity contribution < 1.29 is 14.3 Å². The topological polar surface area (TPSA) is 122 Å². The molecule has 1 atom stereocenters. The van der Waals surface area contributed by atoms with Gasteiger partial charge in [0, 0.05) is 36.2 Å². The summed E-state index contributed by atoms with van der Waals surface area (Å²) in [4.78, 5) is 17.9. The zero-order chi connectivity index (χ0) is 23.2. The van der Waals surface area contributed by atoms with Crippen molar-refractivity contribution in [3.63, 3.8) is 0 Å². The summed E-state index contributed by atoms with van der Waals surface area (Å²) in [6.07, 6.45) is 2.17. The zero-order valence-electron chi connectivity index (χ0n) is 18.8. The first-order valence-corrected chi connectivity index (χ1v) is 11.0. The minimum Gasteiger partial charge on any atom is -0.494 e. The third kappa shape index (κ3) is 5.29. The molecule has 0 aliphatic heterocycles. The molecule has 0 aliphatic rings. The molecule has 0 amide bonds. The van der Waals surface area contributed by atoms with Crippen molar-refractivity contribution in [2.45, 2.75) is 39.4 Å². The van der Waals surface area contributed by atoms with Crippen LogP contribution in [0.15, 0.2) is 51.9 Å². The molecule has 0 spiro atoms. The van der Waals surface area contributed by atoms with Crippen LogP contribution in [0.1, 0.15) is 43.5 Å². The predicted molar refractivity (Wildman–Crippen MR) is 122 cm³/mol. The fraction of sp³-hybridized carbons (Fsp3) is 0.391. The van der Waals surface area contributed by atoms with E-state index in [1.807, 2.05) is 50.2 Å². The summed E-state index contributed by atoms with van der Waals surface area (Å²) in [5, 5.41) is 22.5. The lowest BCUT2D eigenvalue weighted by molar-refractivity contribution is 0.166. The molecule has 0 bridgehead atoms. The number of aliphatic hydroxyl groups excluding tert-OH is 1. The van der Waals surface area contributed by atoms with Crippen molar-refractivity contribution >= 4 is 10.9 Å². The molecule has 3 aromatic heterocycles. The number of nitrogens with zero attached hydrogens (tertiary/aromatic N) is 5. The van der Waals surface area contributed by atoms with Crippen molar-refractivity contribution in [2.75, 3.05) is 19.8 Å². The molecule has 0 saturated carbocycles. The van der Waals surface area contributed by atoms with E-state index < -0.39 is 0 Å². The first-order valence-electron chi connectivity index (χ1n) is 11.0. The molecule has 3 heterocycles. The van der Waals surface area contributed by atoms with E-state index in [4.69, 9.17) is 9.15 Å².